The molecule has 0 N–H and O–H groups in total. The highest BCUT2D eigenvalue weighted by atomic mass is 15.1. The van der Waals surface area contributed by atoms with Crippen molar-refractivity contribution in [1.29, 1.82) is 0 Å². The van der Waals surface area contributed by atoms with Crippen LogP contribution in [0.4, 0.5) is 11.4 Å². The molecule has 0 atom stereocenters. The third kappa shape index (κ3) is 3.66. The van der Waals surface area contributed by atoms with Crippen LogP contribution >= 0.6 is 0 Å². The van der Waals surface area contributed by atoms with Gasteiger partial charge in [-0.25, -0.2) is 0 Å². The Morgan fingerprint density at radius 2 is 1.19 bits per heavy atom. The first-order valence-corrected chi connectivity index (χ1v) is 7.95. The average Bonchev–Trinajstić information content (AvgIpc) is 2.46. The molecule has 0 aromatic heterocycles. The van der Waals surface area contributed by atoms with Gasteiger partial charge in [-0.1, -0.05) is 25.5 Å². The molecule has 21 heavy (non-hydrogen) atoms. The molecule has 0 aliphatic carbocycles. The first-order valence-electron chi connectivity index (χ1n) is 7.95. The Bertz CT molecular complexity index is 562. The topological polar surface area (TPSA) is 3.24 Å². The summed E-state index contributed by atoms with van der Waals surface area (Å²) < 4.78 is 0. The summed E-state index contributed by atoms with van der Waals surface area (Å²) in [5, 5.41) is 0. The molecular weight excluding hydrogens is 254 g/mol. The Morgan fingerprint density at radius 1 is 0.714 bits per heavy atom. The molecule has 0 saturated heterocycles. The van der Waals surface area contributed by atoms with Gasteiger partial charge in [0.1, 0.15) is 0 Å². The summed E-state index contributed by atoms with van der Waals surface area (Å²) >= 11 is 0. The second kappa shape index (κ2) is 6.80. The Labute approximate surface area is 129 Å². The fourth-order valence-electron chi connectivity index (χ4n) is 2.51. The van der Waals surface area contributed by atoms with Gasteiger partial charge < -0.3 is 4.90 Å². The number of nitrogens with zero attached hydrogens (tertiary/aromatic N) is 1. The summed E-state index contributed by atoms with van der Waals surface area (Å²) in [6.07, 6.45) is 2.42. The summed E-state index contributed by atoms with van der Waals surface area (Å²) in [7, 11) is 0. The van der Waals surface area contributed by atoms with Gasteiger partial charge in [-0.15, -0.1) is 0 Å². The number of rotatable bonds is 5. The molecule has 0 heterocycles. The summed E-state index contributed by atoms with van der Waals surface area (Å²) in [5.74, 6) is 0. The maximum atomic E-state index is 2.45. The normalized spacial score (nSPS) is 10.7. The number of hydrogen-bond acceptors (Lipinski definition) is 1. The van der Waals surface area contributed by atoms with Crippen molar-refractivity contribution >= 4 is 11.4 Å². The standard InChI is InChI=1S/C20H27N/c1-6-7-12-21(19-10-8-15(2)17(4)13-19)20-11-9-16(3)18(5)14-20/h8-11,13-14H,6-7,12H2,1-5H3. The SMILES string of the molecule is CCCCN(c1ccc(C)c(C)c1)c1ccc(C)c(C)c1. The van der Waals surface area contributed by atoms with Crippen molar-refractivity contribution in [2.45, 2.75) is 47.5 Å². The van der Waals surface area contributed by atoms with E-state index in [1.54, 1.807) is 0 Å². The quantitative estimate of drug-likeness (QED) is 0.663. The van der Waals surface area contributed by atoms with E-state index in [1.165, 1.54) is 46.5 Å². The monoisotopic (exact) mass is 281 g/mol. The van der Waals surface area contributed by atoms with Gasteiger partial charge in [0.2, 0.25) is 0 Å². The second-order valence-electron chi connectivity index (χ2n) is 6.04. The van der Waals surface area contributed by atoms with E-state index < -0.39 is 0 Å². The number of hydrogen-bond donors (Lipinski definition) is 0. The largest absolute Gasteiger partial charge is 0.341 e. The molecule has 0 aliphatic rings. The van der Waals surface area contributed by atoms with E-state index >= 15 is 0 Å². The van der Waals surface area contributed by atoms with Crippen LogP contribution in [-0.2, 0) is 0 Å². The summed E-state index contributed by atoms with van der Waals surface area (Å²) in [4.78, 5) is 2.45. The highest BCUT2D eigenvalue weighted by molar-refractivity contribution is 5.65. The molecule has 1 heteroatoms. The molecule has 0 spiro atoms. The van der Waals surface area contributed by atoms with Crippen molar-refractivity contribution in [2.24, 2.45) is 0 Å². The van der Waals surface area contributed by atoms with Crippen molar-refractivity contribution < 1.29 is 0 Å². The van der Waals surface area contributed by atoms with E-state index in [-0.39, 0.29) is 0 Å². The zero-order valence-electron chi connectivity index (χ0n) is 14.0. The molecule has 2 aromatic carbocycles. The summed E-state index contributed by atoms with van der Waals surface area (Å²) in [5.41, 5.74) is 8.03. The van der Waals surface area contributed by atoms with E-state index in [0.29, 0.717) is 0 Å². The maximum Gasteiger partial charge on any atom is 0.0413 e. The highest BCUT2D eigenvalue weighted by Gasteiger charge is 2.10. The van der Waals surface area contributed by atoms with Gasteiger partial charge >= 0.3 is 0 Å². The minimum atomic E-state index is 1.07. The van der Waals surface area contributed by atoms with Gasteiger partial charge in [0, 0.05) is 17.9 Å². The molecule has 1 nitrogen and oxygen atoms in total. The number of anilines is 2. The van der Waals surface area contributed by atoms with Gasteiger partial charge in [0.15, 0.2) is 0 Å². The van der Waals surface area contributed by atoms with Crippen molar-refractivity contribution in [2.75, 3.05) is 11.4 Å². The van der Waals surface area contributed by atoms with E-state index in [1.807, 2.05) is 0 Å². The molecule has 0 unspecified atom stereocenters. The van der Waals surface area contributed by atoms with Gasteiger partial charge in [-0.2, -0.15) is 0 Å². The highest BCUT2D eigenvalue weighted by Crippen LogP contribution is 2.29. The van der Waals surface area contributed by atoms with Crippen LogP contribution in [0.5, 0.6) is 0 Å². The van der Waals surface area contributed by atoms with Gasteiger partial charge in [-0.05, 0) is 80.6 Å². The zero-order chi connectivity index (χ0) is 15.4. The van der Waals surface area contributed by atoms with Gasteiger partial charge in [0.05, 0.1) is 0 Å². The summed E-state index contributed by atoms with van der Waals surface area (Å²) in [6, 6.07) is 13.6. The smallest absolute Gasteiger partial charge is 0.0413 e. The Kier molecular flexibility index (Phi) is 5.06. The Balaban J connectivity index is 2.41. The molecule has 0 radical (unpaired) electrons. The summed E-state index contributed by atoms with van der Waals surface area (Å²) in [6.45, 7) is 12.0. The lowest BCUT2D eigenvalue weighted by Crippen LogP contribution is -2.18. The molecule has 0 bridgehead atoms. The minimum absolute atomic E-state index is 1.07. The Morgan fingerprint density at radius 3 is 1.57 bits per heavy atom. The lowest BCUT2D eigenvalue weighted by molar-refractivity contribution is 0.785. The number of benzene rings is 2. The second-order valence-corrected chi connectivity index (χ2v) is 6.04. The number of unbranched alkanes of at least 4 members (excludes halogenated alkanes) is 1. The van der Waals surface area contributed by atoms with Crippen LogP contribution in [0.15, 0.2) is 36.4 Å². The first kappa shape index (κ1) is 15.6. The molecule has 0 fully saturated rings. The van der Waals surface area contributed by atoms with Crippen LogP contribution in [0, 0.1) is 27.7 Å². The third-order valence-corrected chi connectivity index (χ3v) is 4.34. The van der Waals surface area contributed by atoms with E-state index in [9.17, 15) is 0 Å². The lowest BCUT2D eigenvalue weighted by Gasteiger charge is -2.26. The maximum absolute atomic E-state index is 2.45. The van der Waals surface area contributed by atoms with Gasteiger partial charge in [-0.3, -0.25) is 0 Å². The fraction of sp³-hybridized carbons (Fsp3) is 0.400. The van der Waals surface area contributed by atoms with E-state index in [2.05, 4.69) is 75.9 Å². The van der Waals surface area contributed by atoms with Crippen molar-refractivity contribution in [1.82, 2.24) is 0 Å². The molecule has 0 aliphatic heterocycles. The van der Waals surface area contributed by atoms with Gasteiger partial charge in [0.25, 0.3) is 0 Å². The fourth-order valence-corrected chi connectivity index (χ4v) is 2.51. The van der Waals surface area contributed by atoms with Crippen LogP contribution in [0.2, 0.25) is 0 Å². The van der Waals surface area contributed by atoms with E-state index in [4.69, 9.17) is 0 Å². The first-order chi connectivity index (χ1) is 10.0. The van der Waals surface area contributed by atoms with Crippen molar-refractivity contribution in [3.05, 3.63) is 58.7 Å². The lowest BCUT2D eigenvalue weighted by atomic mass is 10.1. The van der Waals surface area contributed by atoms with Crippen LogP contribution in [0.25, 0.3) is 0 Å². The minimum Gasteiger partial charge on any atom is -0.341 e. The molecule has 2 rings (SSSR count). The predicted octanol–water partition coefficient (Wildman–Crippen LogP) is 5.86. The molecule has 0 saturated carbocycles. The predicted molar refractivity (Wildman–Crippen MR) is 93.7 cm³/mol. The van der Waals surface area contributed by atoms with Crippen LogP contribution in [0.3, 0.4) is 0 Å². The van der Waals surface area contributed by atoms with E-state index in [0.717, 1.165) is 6.54 Å². The molecule has 0 amide bonds. The average molecular weight is 281 g/mol. The zero-order valence-corrected chi connectivity index (χ0v) is 14.0. The Hall–Kier alpha value is -1.76. The van der Waals surface area contributed by atoms with Crippen LogP contribution in [0.1, 0.15) is 42.0 Å². The molecule has 112 valence electrons. The van der Waals surface area contributed by atoms with Crippen LogP contribution < -0.4 is 4.90 Å². The van der Waals surface area contributed by atoms with Crippen LogP contribution in [-0.4, -0.2) is 6.54 Å². The van der Waals surface area contributed by atoms with Crippen molar-refractivity contribution in [3.63, 3.8) is 0 Å². The molecular formula is C20H27N. The third-order valence-electron chi connectivity index (χ3n) is 4.34. The molecule has 2 aromatic rings. The van der Waals surface area contributed by atoms with Crippen molar-refractivity contribution in [3.8, 4) is 0 Å². The number of aryl methyl sites for hydroxylation is 4.